The molecule has 8 N–H and O–H groups in total. The van der Waals surface area contributed by atoms with Crippen molar-refractivity contribution in [3.05, 3.63) is 0 Å². The van der Waals surface area contributed by atoms with Gasteiger partial charge in [-0.1, -0.05) is 74.3 Å². The topological polar surface area (TPSA) is 316 Å². The van der Waals surface area contributed by atoms with Crippen molar-refractivity contribution in [1.29, 1.82) is 0 Å². The number of hydrogen-bond acceptors (Lipinski definition) is 17. The Morgan fingerprint density at radius 3 is 0.753 bits per heavy atom. The lowest BCUT2D eigenvalue weighted by atomic mass is 10.3. The summed E-state index contributed by atoms with van der Waals surface area (Å²) in [6.07, 6.45) is -3.24. The lowest BCUT2D eigenvalue weighted by Gasteiger charge is -2.13. The van der Waals surface area contributed by atoms with Gasteiger partial charge in [-0.3, -0.25) is 0 Å². The first-order valence-electron chi connectivity index (χ1n) is 21.0. The molecule has 0 saturated carbocycles. The van der Waals surface area contributed by atoms with Crippen molar-refractivity contribution in [2.24, 2.45) is 0 Å². The quantitative estimate of drug-likeness (QED) is 0.0311. The molecule has 0 aromatic carbocycles. The fourth-order valence-electron chi connectivity index (χ4n) is 3.42. The van der Waals surface area contributed by atoms with Crippen LogP contribution in [0.4, 0.5) is 38.4 Å². The summed E-state index contributed by atoms with van der Waals surface area (Å²) in [4.78, 5) is 86.9. The van der Waals surface area contributed by atoms with Crippen molar-refractivity contribution in [2.45, 2.75) is 169 Å². The first kappa shape index (κ1) is 104. The Bertz CT molecular complexity index is 1170. The van der Waals surface area contributed by atoms with Crippen molar-refractivity contribution in [1.82, 2.24) is 42.5 Å². The first-order valence-corrected chi connectivity index (χ1v) is 21.0. The third-order valence-corrected chi connectivity index (χ3v) is 6.00. The van der Waals surface area contributed by atoms with Gasteiger partial charge in [0.2, 0.25) is 0 Å². The normalized spacial score (nSPS) is 8.96. The van der Waals surface area contributed by atoms with Gasteiger partial charge < -0.3 is 85.2 Å². The van der Waals surface area contributed by atoms with E-state index in [1.165, 1.54) is 0 Å². The Balaban J connectivity index is -0.0000000508. The molecule has 450 valence electrons. The summed E-state index contributed by atoms with van der Waals surface area (Å²) in [6, 6.07) is 0. The molecule has 0 fully saturated rings. The van der Waals surface area contributed by atoms with Crippen LogP contribution in [0.3, 0.4) is 0 Å². The second kappa shape index (κ2) is 80.2. The molecule has 25 heteroatoms. The van der Waals surface area contributed by atoms with Crippen LogP contribution in [0.2, 0.25) is 0 Å². The Labute approximate surface area is 445 Å². The zero-order valence-corrected chi connectivity index (χ0v) is 38.8. The maximum atomic E-state index is 11.0. The van der Waals surface area contributed by atoms with Crippen LogP contribution in [0, 0.1) is 0 Å². The molecule has 0 saturated heterocycles. The van der Waals surface area contributed by atoms with E-state index in [-0.39, 0.29) is 120 Å². The predicted octanol–water partition coefficient (Wildman–Crippen LogP) is 9.85. The molecule has 25 nitrogen and oxygen atoms in total. The highest BCUT2D eigenvalue weighted by Gasteiger charge is 2.11. The molecule has 0 aliphatic carbocycles. The van der Waals surface area contributed by atoms with Gasteiger partial charge in [-0.2, -0.15) is 0 Å². The van der Waals surface area contributed by atoms with E-state index in [1.807, 2.05) is 13.8 Å². The van der Waals surface area contributed by atoms with E-state index in [9.17, 15) is 38.4 Å². The number of amides is 8. The number of unbranched alkanes of at least 4 members (excludes halogenated alkanes) is 1. The second-order valence-electron chi connectivity index (χ2n) is 11.7. The molecule has 0 radical (unpaired) electrons. The van der Waals surface area contributed by atoms with Gasteiger partial charge in [0.15, 0.2) is 0 Å². The van der Waals surface area contributed by atoms with Gasteiger partial charge in [0.1, 0.15) is 38.6 Å². The molecule has 0 aromatic rings. The molecule has 8 amide bonds. The van der Waals surface area contributed by atoms with Crippen molar-refractivity contribution in [2.75, 3.05) is 105 Å². The minimum absolute atomic E-state index is 0. The number of alkyl carbamates (subject to hydrolysis) is 8. The average Bonchev–Trinajstić information content (AvgIpc) is 3.21. The summed E-state index contributed by atoms with van der Waals surface area (Å²) < 4.78 is 43.5. The van der Waals surface area contributed by atoms with Gasteiger partial charge in [0.05, 0.1) is 26.4 Å². The summed E-state index contributed by atoms with van der Waals surface area (Å²) in [5, 5.41) is 19.9. The van der Waals surface area contributed by atoms with E-state index in [0.29, 0.717) is 78.4 Å². The van der Waals surface area contributed by atoms with Crippen LogP contribution < -0.4 is 42.5 Å². The summed E-state index contributed by atoms with van der Waals surface area (Å²) in [5.41, 5.74) is 0. The number of rotatable bonds is 25. The molecule has 0 rings (SSSR count). The highest BCUT2D eigenvalue weighted by Crippen LogP contribution is 1.95. The van der Waals surface area contributed by atoms with E-state index >= 15 is 0 Å². The van der Waals surface area contributed by atoms with Gasteiger partial charge >= 0.3 is 48.7 Å². The van der Waals surface area contributed by atoms with Crippen molar-refractivity contribution in [3.63, 3.8) is 0 Å². The third kappa shape index (κ3) is 89.5. The number of ether oxygens (including phenoxy) is 9. The van der Waals surface area contributed by atoms with E-state index in [0.717, 1.165) is 0 Å². The maximum absolute atomic E-state index is 11.0. The standard InChI is InChI=1S/C11H22N2O5.C10H20N2O4.C9H18N2O4.C8H16N2O4.10CH4/c1-4-12-10(14)17-7-6-16-8-9(3)18-11(15)13-5-2;1-3-11-9(13)15-7-5-6-8-16-10(14)12-4-2;1-4-10-8(12)14-6-7(3)15-9(13)11-5-2;1-3-9-7(11)13-5-6-14-8(12)10-4-2;;;;;;;;;;/h9H,4-8H2,1-3H3,(H,12,14)(H,13,15);3-8H2,1-2H3,(H,11,13)(H,12,14);7H,4-6H2,1-3H3,(H,10,12)(H,11,13);3-6H2,1-2H3,(H,9,11)(H,10,12);10*1H4. The molecule has 0 heterocycles. The van der Waals surface area contributed by atoms with Crippen molar-refractivity contribution in [3.8, 4) is 0 Å². The Kier molecular flexibility index (Phi) is 114. The van der Waals surface area contributed by atoms with Crippen molar-refractivity contribution < 1.29 is 81.0 Å². The zero-order chi connectivity index (χ0) is 48.5. The molecular formula is C48H116N8O17. The summed E-state index contributed by atoms with van der Waals surface area (Å²) in [7, 11) is 0. The van der Waals surface area contributed by atoms with Gasteiger partial charge in [0.25, 0.3) is 0 Å². The number of carbonyl (C=O) groups excluding carboxylic acids is 8. The van der Waals surface area contributed by atoms with Gasteiger partial charge in [-0.15, -0.1) is 0 Å². The van der Waals surface area contributed by atoms with Crippen LogP contribution in [0.5, 0.6) is 0 Å². The van der Waals surface area contributed by atoms with Crippen LogP contribution in [0.15, 0.2) is 0 Å². The van der Waals surface area contributed by atoms with E-state index in [1.54, 1.807) is 55.4 Å². The number of nitrogens with one attached hydrogen (secondary N) is 8. The van der Waals surface area contributed by atoms with Crippen LogP contribution in [-0.2, 0) is 42.6 Å². The van der Waals surface area contributed by atoms with Crippen LogP contribution in [0.25, 0.3) is 0 Å². The van der Waals surface area contributed by atoms with Crippen molar-refractivity contribution >= 4 is 48.7 Å². The molecular weight excluding hydrogens is 961 g/mol. The summed E-state index contributed by atoms with van der Waals surface area (Å²) in [5.74, 6) is 0. The monoisotopic (exact) mass is 1080 g/mol. The highest BCUT2D eigenvalue weighted by molar-refractivity contribution is 5.69. The Morgan fingerprint density at radius 1 is 0.288 bits per heavy atom. The molecule has 0 aliphatic rings. The van der Waals surface area contributed by atoms with E-state index in [2.05, 4.69) is 52.0 Å². The third-order valence-electron chi connectivity index (χ3n) is 6.00. The van der Waals surface area contributed by atoms with E-state index in [4.69, 9.17) is 33.2 Å². The predicted molar refractivity (Wildman–Crippen MR) is 297 cm³/mol. The maximum Gasteiger partial charge on any atom is 0.407 e. The lowest BCUT2D eigenvalue weighted by Crippen LogP contribution is -2.32. The van der Waals surface area contributed by atoms with Crippen LogP contribution in [0.1, 0.15) is 156 Å². The molecule has 2 atom stereocenters. The molecule has 0 bridgehead atoms. The minimum atomic E-state index is -0.510. The van der Waals surface area contributed by atoms with E-state index < -0.39 is 54.8 Å². The molecule has 0 aromatic heterocycles. The zero-order valence-electron chi connectivity index (χ0n) is 38.8. The Morgan fingerprint density at radius 2 is 0.493 bits per heavy atom. The first-order chi connectivity index (χ1) is 30.1. The molecule has 73 heavy (non-hydrogen) atoms. The van der Waals surface area contributed by atoms with Gasteiger partial charge in [-0.05, 0) is 82.1 Å². The van der Waals surface area contributed by atoms with Crippen LogP contribution in [-0.4, -0.2) is 166 Å². The number of carbonyl (C=O) groups is 8. The fraction of sp³-hybridized carbons (Fsp3) is 0.833. The fourth-order valence-corrected chi connectivity index (χ4v) is 3.42. The highest BCUT2D eigenvalue weighted by atomic mass is 16.6. The van der Waals surface area contributed by atoms with Gasteiger partial charge in [-0.25, -0.2) is 38.4 Å². The summed E-state index contributed by atoms with van der Waals surface area (Å²) in [6.45, 7) is 23.5. The molecule has 0 spiro atoms. The lowest BCUT2D eigenvalue weighted by molar-refractivity contribution is 0.0132. The second-order valence-corrected chi connectivity index (χ2v) is 11.7. The summed E-state index contributed by atoms with van der Waals surface area (Å²) >= 11 is 0. The smallest absolute Gasteiger partial charge is 0.407 e. The minimum Gasteiger partial charge on any atom is -0.450 e. The Hall–Kier alpha value is -5.88. The average molecular weight is 1080 g/mol. The number of hydrogen-bond donors (Lipinski definition) is 8. The van der Waals surface area contributed by atoms with Gasteiger partial charge in [0, 0.05) is 52.4 Å². The molecule has 2 unspecified atom stereocenters. The largest absolute Gasteiger partial charge is 0.450 e. The SMILES string of the molecule is C.C.C.C.C.C.C.C.C.C.CCNC(=O)OCC(C)OC(=O)NCC.CCNC(=O)OCCCCOC(=O)NCC.CCNC(=O)OCCOC(=O)NCC.CCNC(=O)OCCOCC(C)OC(=O)NCC. The molecule has 0 aliphatic heterocycles. The van der Waals surface area contributed by atoms with Crippen LogP contribution >= 0.6 is 0 Å².